The van der Waals surface area contributed by atoms with E-state index in [0.717, 1.165) is 5.76 Å². The van der Waals surface area contributed by atoms with E-state index < -0.39 is 5.97 Å². The second-order valence-corrected chi connectivity index (χ2v) is 4.61. The highest BCUT2D eigenvalue weighted by atomic mass is 16.4. The molecule has 1 amide bonds. The number of hydrogen-bond donors (Lipinski definition) is 2. The third kappa shape index (κ3) is 3.82. The summed E-state index contributed by atoms with van der Waals surface area (Å²) in [5.41, 5.74) is 1.24. The lowest BCUT2D eigenvalue weighted by molar-refractivity contribution is -0.111. The standard InChI is InChI=1S/C16H15NO4/c1-10-3-5-12(9-14(10)16(19)20)17-15(18)8-7-13-6-4-11(2)21-13/h3-9H,1-2H3,(H,17,18)(H,19,20). The maximum atomic E-state index is 11.8. The van der Waals surface area contributed by atoms with Crippen molar-refractivity contribution < 1.29 is 19.1 Å². The van der Waals surface area contributed by atoms with Gasteiger partial charge in [0, 0.05) is 11.8 Å². The van der Waals surface area contributed by atoms with Gasteiger partial charge in [0.1, 0.15) is 11.5 Å². The first-order valence-electron chi connectivity index (χ1n) is 6.35. The Balaban J connectivity index is 2.07. The molecule has 5 heteroatoms. The summed E-state index contributed by atoms with van der Waals surface area (Å²) in [5.74, 6) is -0.0353. The van der Waals surface area contributed by atoms with Crippen LogP contribution in [0.25, 0.3) is 6.08 Å². The molecule has 2 N–H and O–H groups in total. The van der Waals surface area contributed by atoms with E-state index in [-0.39, 0.29) is 11.5 Å². The lowest BCUT2D eigenvalue weighted by Crippen LogP contribution is -2.09. The van der Waals surface area contributed by atoms with Crippen molar-refractivity contribution >= 4 is 23.6 Å². The van der Waals surface area contributed by atoms with E-state index in [1.165, 1.54) is 12.1 Å². The van der Waals surface area contributed by atoms with Gasteiger partial charge in [-0.1, -0.05) is 6.07 Å². The smallest absolute Gasteiger partial charge is 0.336 e. The van der Waals surface area contributed by atoms with Crippen molar-refractivity contribution in [2.75, 3.05) is 5.32 Å². The van der Waals surface area contributed by atoms with Crippen LogP contribution in [0, 0.1) is 13.8 Å². The minimum Gasteiger partial charge on any atom is -0.478 e. The minimum absolute atomic E-state index is 0.165. The summed E-state index contributed by atoms with van der Waals surface area (Å²) < 4.78 is 5.31. The van der Waals surface area contributed by atoms with Crippen molar-refractivity contribution in [2.45, 2.75) is 13.8 Å². The van der Waals surface area contributed by atoms with Crippen LogP contribution in [0.4, 0.5) is 5.69 Å². The summed E-state index contributed by atoms with van der Waals surface area (Å²) in [5, 5.41) is 11.7. The highest BCUT2D eigenvalue weighted by Gasteiger charge is 2.08. The molecule has 0 aliphatic rings. The first kappa shape index (κ1) is 14.6. The Morgan fingerprint density at radius 2 is 1.95 bits per heavy atom. The Kier molecular flexibility index (Phi) is 4.23. The number of nitrogens with one attached hydrogen (secondary N) is 1. The molecule has 5 nitrogen and oxygen atoms in total. The van der Waals surface area contributed by atoms with Crippen LogP contribution < -0.4 is 5.32 Å². The van der Waals surface area contributed by atoms with Crippen LogP contribution >= 0.6 is 0 Å². The van der Waals surface area contributed by atoms with Gasteiger partial charge in [-0.15, -0.1) is 0 Å². The van der Waals surface area contributed by atoms with E-state index in [1.54, 1.807) is 37.3 Å². The Morgan fingerprint density at radius 1 is 1.19 bits per heavy atom. The average molecular weight is 285 g/mol. The van der Waals surface area contributed by atoms with Gasteiger partial charge >= 0.3 is 5.97 Å². The first-order valence-corrected chi connectivity index (χ1v) is 6.35. The lowest BCUT2D eigenvalue weighted by Gasteiger charge is -2.05. The third-order valence-corrected chi connectivity index (χ3v) is 2.90. The summed E-state index contributed by atoms with van der Waals surface area (Å²) in [6.07, 6.45) is 2.88. The fourth-order valence-corrected chi connectivity index (χ4v) is 1.81. The van der Waals surface area contributed by atoms with E-state index >= 15 is 0 Å². The van der Waals surface area contributed by atoms with E-state index in [9.17, 15) is 9.59 Å². The molecular formula is C16H15NO4. The van der Waals surface area contributed by atoms with Crippen LogP contribution in [0.1, 0.15) is 27.4 Å². The molecule has 0 atom stereocenters. The largest absolute Gasteiger partial charge is 0.478 e. The zero-order valence-corrected chi connectivity index (χ0v) is 11.7. The quantitative estimate of drug-likeness (QED) is 0.845. The van der Waals surface area contributed by atoms with Crippen LogP contribution in [0.5, 0.6) is 0 Å². The van der Waals surface area contributed by atoms with Crippen LogP contribution in [0.2, 0.25) is 0 Å². The summed E-state index contributed by atoms with van der Waals surface area (Å²) in [6, 6.07) is 8.30. The minimum atomic E-state index is -1.02. The molecular weight excluding hydrogens is 270 g/mol. The maximum absolute atomic E-state index is 11.8. The molecule has 0 aliphatic carbocycles. The molecule has 2 aromatic rings. The SMILES string of the molecule is Cc1ccc(C=CC(=O)Nc2ccc(C)c(C(=O)O)c2)o1. The highest BCUT2D eigenvalue weighted by molar-refractivity contribution is 6.02. The number of aryl methyl sites for hydroxylation is 2. The predicted octanol–water partition coefficient (Wildman–Crippen LogP) is 3.25. The van der Waals surface area contributed by atoms with Gasteiger partial charge < -0.3 is 14.8 Å². The van der Waals surface area contributed by atoms with Crippen LogP contribution in [-0.2, 0) is 4.79 Å². The number of carboxylic acid groups (broad SMARTS) is 1. The molecule has 108 valence electrons. The summed E-state index contributed by atoms with van der Waals surface area (Å²) in [6.45, 7) is 3.52. The number of furan rings is 1. The highest BCUT2D eigenvalue weighted by Crippen LogP contribution is 2.15. The molecule has 2 rings (SSSR count). The fraction of sp³-hybridized carbons (Fsp3) is 0.125. The van der Waals surface area contributed by atoms with E-state index in [2.05, 4.69) is 5.32 Å². The van der Waals surface area contributed by atoms with Crippen molar-refractivity contribution in [2.24, 2.45) is 0 Å². The number of amides is 1. The number of hydrogen-bond acceptors (Lipinski definition) is 3. The van der Waals surface area contributed by atoms with Gasteiger partial charge in [-0.2, -0.15) is 0 Å². The number of benzene rings is 1. The van der Waals surface area contributed by atoms with Crippen LogP contribution in [0.15, 0.2) is 40.8 Å². The number of carbonyl (C=O) groups excluding carboxylic acids is 1. The molecule has 0 bridgehead atoms. The molecule has 0 radical (unpaired) electrons. The Morgan fingerprint density at radius 3 is 2.57 bits per heavy atom. The van der Waals surface area contributed by atoms with E-state index in [1.807, 2.05) is 6.92 Å². The number of anilines is 1. The molecule has 0 unspecified atom stereocenters. The van der Waals surface area contributed by atoms with Crippen molar-refractivity contribution in [1.29, 1.82) is 0 Å². The van der Waals surface area contributed by atoms with Crippen molar-refractivity contribution in [1.82, 2.24) is 0 Å². The van der Waals surface area contributed by atoms with E-state index in [4.69, 9.17) is 9.52 Å². The topological polar surface area (TPSA) is 79.5 Å². The molecule has 0 fully saturated rings. The monoisotopic (exact) mass is 285 g/mol. The summed E-state index contributed by atoms with van der Waals surface area (Å²) >= 11 is 0. The molecule has 0 spiro atoms. The second-order valence-electron chi connectivity index (χ2n) is 4.61. The maximum Gasteiger partial charge on any atom is 0.336 e. The Bertz CT molecular complexity index is 713. The number of rotatable bonds is 4. The number of aromatic carboxylic acids is 1. The normalized spacial score (nSPS) is 10.8. The molecule has 0 aliphatic heterocycles. The molecule has 1 aromatic carbocycles. The van der Waals surface area contributed by atoms with Crippen molar-refractivity contribution in [3.63, 3.8) is 0 Å². The average Bonchev–Trinajstić information content (AvgIpc) is 2.84. The Hall–Kier alpha value is -2.82. The summed E-state index contributed by atoms with van der Waals surface area (Å²) in [4.78, 5) is 22.8. The van der Waals surface area contributed by atoms with Gasteiger partial charge in [-0.3, -0.25) is 4.79 Å². The lowest BCUT2D eigenvalue weighted by atomic mass is 10.1. The Labute approximate surface area is 121 Å². The van der Waals surface area contributed by atoms with Gasteiger partial charge in [-0.05, 0) is 49.8 Å². The van der Waals surface area contributed by atoms with E-state index in [0.29, 0.717) is 17.0 Å². The molecule has 0 saturated heterocycles. The molecule has 1 heterocycles. The molecule has 0 saturated carbocycles. The van der Waals surface area contributed by atoms with Crippen LogP contribution in [0.3, 0.4) is 0 Å². The zero-order chi connectivity index (χ0) is 15.4. The first-order chi connectivity index (χ1) is 9.95. The van der Waals surface area contributed by atoms with Crippen molar-refractivity contribution in [3.05, 3.63) is 59.1 Å². The van der Waals surface area contributed by atoms with Gasteiger partial charge in [-0.25, -0.2) is 4.79 Å². The fourth-order valence-electron chi connectivity index (χ4n) is 1.81. The molecule has 21 heavy (non-hydrogen) atoms. The van der Waals surface area contributed by atoms with Gasteiger partial charge in [0.25, 0.3) is 0 Å². The number of carboxylic acids is 1. The van der Waals surface area contributed by atoms with Crippen LogP contribution in [-0.4, -0.2) is 17.0 Å². The number of carbonyl (C=O) groups is 2. The van der Waals surface area contributed by atoms with Gasteiger partial charge in [0.05, 0.1) is 5.56 Å². The van der Waals surface area contributed by atoms with Gasteiger partial charge in [0.15, 0.2) is 0 Å². The zero-order valence-electron chi connectivity index (χ0n) is 11.7. The third-order valence-electron chi connectivity index (χ3n) is 2.90. The summed E-state index contributed by atoms with van der Waals surface area (Å²) in [7, 11) is 0. The predicted molar refractivity (Wildman–Crippen MR) is 79.2 cm³/mol. The van der Waals surface area contributed by atoms with Gasteiger partial charge in [0.2, 0.25) is 5.91 Å². The second kappa shape index (κ2) is 6.09. The molecule has 1 aromatic heterocycles. The van der Waals surface area contributed by atoms with Crippen molar-refractivity contribution in [3.8, 4) is 0 Å².